The SMILES string of the molecule is COc1cccc(C(O)CNC2CC2)c1. The molecule has 1 fully saturated rings. The Bertz CT molecular complexity index is 323. The van der Waals surface area contributed by atoms with E-state index in [0.717, 1.165) is 11.3 Å². The maximum Gasteiger partial charge on any atom is 0.119 e. The van der Waals surface area contributed by atoms with Gasteiger partial charge in [-0.3, -0.25) is 0 Å². The summed E-state index contributed by atoms with van der Waals surface area (Å²) >= 11 is 0. The topological polar surface area (TPSA) is 41.5 Å². The summed E-state index contributed by atoms with van der Waals surface area (Å²) in [4.78, 5) is 0. The number of rotatable bonds is 5. The standard InChI is InChI=1S/C12H17NO2/c1-15-11-4-2-3-9(7-11)12(14)8-13-10-5-6-10/h2-4,7,10,12-14H,5-6,8H2,1H3. The molecule has 0 amide bonds. The normalized spacial score (nSPS) is 17.5. The van der Waals surface area contributed by atoms with Gasteiger partial charge >= 0.3 is 0 Å². The number of nitrogens with one attached hydrogen (secondary N) is 1. The lowest BCUT2D eigenvalue weighted by Crippen LogP contribution is -2.23. The number of aliphatic hydroxyl groups excluding tert-OH is 1. The molecule has 1 aliphatic carbocycles. The molecule has 1 unspecified atom stereocenters. The van der Waals surface area contributed by atoms with Crippen LogP contribution in [0.2, 0.25) is 0 Å². The highest BCUT2D eigenvalue weighted by Crippen LogP contribution is 2.22. The van der Waals surface area contributed by atoms with E-state index < -0.39 is 6.10 Å². The molecular formula is C12H17NO2. The molecule has 3 nitrogen and oxygen atoms in total. The molecule has 0 bridgehead atoms. The van der Waals surface area contributed by atoms with Crippen molar-refractivity contribution in [2.24, 2.45) is 0 Å². The van der Waals surface area contributed by atoms with Gasteiger partial charge in [-0.15, -0.1) is 0 Å². The van der Waals surface area contributed by atoms with Crippen molar-refractivity contribution in [3.63, 3.8) is 0 Å². The van der Waals surface area contributed by atoms with Crippen LogP contribution in [0.1, 0.15) is 24.5 Å². The van der Waals surface area contributed by atoms with Crippen molar-refractivity contribution in [1.82, 2.24) is 5.32 Å². The Hall–Kier alpha value is -1.06. The zero-order valence-electron chi connectivity index (χ0n) is 8.94. The molecule has 1 aromatic carbocycles. The lowest BCUT2D eigenvalue weighted by Gasteiger charge is -2.12. The van der Waals surface area contributed by atoms with Crippen molar-refractivity contribution in [3.8, 4) is 5.75 Å². The molecule has 0 aliphatic heterocycles. The fourth-order valence-electron chi connectivity index (χ4n) is 1.53. The molecule has 1 atom stereocenters. The number of aliphatic hydroxyl groups is 1. The summed E-state index contributed by atoms with van der Waals surface area (Å²) in [6.07, 6.45) is 2.04. The van der Waals surface area contributed by atoms with E-state index in [1.807, 2.05) is 24.3 Å². The Morgan fingerprint density at radius 1 is 1.53 bits per heavy atom. The van der Waals surface area contributed by atoms with E-state index in [1.165, 1.54) is 12.8 Å². The van der Waals surface area contributed by atoms with Gasteiger partial charge in [0, 0.05) is 12.6 Å². The van der Waals surface area contributed by atoms with Crippen molar-refractivity contribution >= 4 is 0 Å². The van der Waals surface area contributed by atoms with Crippen LogP contribution in [0.4, 0.5) is 0 Å². The van der Waals surface area contributed by atoms with Gasteiger partial charge in [0.2, 0.25) is 0 Å². The Morgan fingerprint density at radius 2 is 2.33 bits per heavy atom. The fraction of sp³-hybridized carbons (Fsp3) is 0.500. The van der Waals surface area contributed by atoms with E-state index in [1.54, 1.807) is 7.11 Å². The molecule has 15 heavy (non-hydrogen) atoms. The van der Waals surface area contributed by atoms with Gasteiger partial charge in [-0.25, -0.2) is 0 Å². The van der Waals surface area contributed by atoms with E-state index in [9.17, 15) is 5.11 Å². The minimum atomic E-state index is -0.444. The van der Waals surface area contributed by atoms with Crippen molar-refractivity contribution in [3.05, 3.63) is 29.8 Å². The average Bonchev–Trinajstić information content (AvgIpc) is 3.10. The number of hydrogen-bond donors (Lipinski definition) is 2. The molecule has 1 aliphatic rings. The molecule has 2 rings (SSSR count). The molecule has 82 valence electrons. The zero-order valence-corrected chi connectivity index (χ0v) is 8.94. The van der Waals surface area contributed by atoms with E-state index in [-0.39, 0.29) is 0 Å². The minimum absolute atomic E-state index is 0.444. The summed E-state index contributed by atoms with van der Waals surface area (Å²) in [7, 11) is 1.63. The quantitative estimate of drug-likeness (QED) is 0.768. The summed E-state index contributed by atoms with van der Waals surface area (Å²) in [6.45, 7) is 0.623. The van der Waals surface area contributed by atoms with E-state index in [0.29, 0.717) is 12.6 Å². The first-order valence-electron chi connectivity index (χ1n) is 5.35. The Labute approximate surface area is 90.1 Å². The monoisotopic (exact) mass is 207 g/mol. The van der Waals surface area contributed by atoms with Crippen LogP contribution in [0, 0.1) is 0 Å². The van der Waals surface area contributed by atoms with Crippen molar-refractivity contribution in [2.75, 3.05) is 13.7 Å². The van der Waals surface area contributed by atoms with Crippen LogP contribution in [0.5, 0.6) is 5.75 Å². The summed E-state index contributed by atoms with van der Waals surface area (Å²) in [5, 5.41) is 13.2. The summed E-state index contributed by atoms with van der Waals surface area (Å²) in [6, 6.07) is 8.20. The smallest absolute Gasteiger partial charge is 0.119 e. The number of benzene rings is 1. The first-order chi connectivity index (χ1) is 7.29. The van der Waals surface area contributed by atoms with Crippen LogP contribution >= 0.6 is 0 Å². The number of ether oxygens (including phenoxy) is 1. The maximum absolute atomic E-state index is 9.90. The van der Waals surface area contributed by atoms with Crippen LogP contribution in [0.15, 0.2) is 24.3 Å². The van der Waals surface area contributed by atoms with Gasteiger partial charge in [-0.2, -0.15) is 0 Å². The van der Waals surface area contributed by atoms with E-state index in [2.05, 4.69) is 5.32 Å². The second-order valence-electron chi connectivity index (χ2n) is 3.97. The molecule has 0 spiro atoms. The van der Waals surface area contributed by atoms with Crippen molar-refractivity contribution < 1.29 is 9.84 Å². The third-order valence-electron chi connectivity index (χ3n) is 2.66. The first kappa shape index (κ1) is 10.5. The summed E-state index contributed by atoms with van der Waals surface area (Å²) in [5.74, 6) is 0.790. The molecule has 1 saturated carbocycles. The third kappa shape index (κ3) is 2.94. The molecule has 3 heteroatoms. The maximum atomic E-state index is 9.90. The van der Waals surface area contributed by atoms with Gasteiger partial charge in [0.25, 0.3) is 0 Å². The predicted octanol–water partition coefficient (Wildman–Crippen LogP) is 1.48. The van der Waals surface area contributed by atoms with Gasteiger partial charge in [0.15, 0.2) is 0 Å². The number of methoxy groups -OCH3 is 1. The number of hydrogen-bond acceptors (Lipinski definition) is 3. The fourth-order valence-corrected chi connectivity index (χ4v) is 1.53. The Morgan fingerprint density at radius 3 is 3.00 bits per heavy atom. The van der Waals surface area contributed by atoms with E-state index in [4.69, 9.17) is 4.74 Å². The van der Waals surface area contributed by atoms with Crippen LogP contribution in [0.3, 0.4) is 0 Å². The van der Waals surface area contributed by atoms with Gasteiger partial charge < -0.3 is 15.2 Å². The van der Waals surface area contributed by atoms with Crippen LogP contribution in [-0.4, -0.2) is 24.8 Å². The summed E-state index contributed by atoms with van der Waals surface area (Å²) in [5.41, 5.74) is 0.905. The molecular weight excluding hydrogens is 190 g/mol. The average molecular weight is 207 g/mol. The van der Waals surface area contributed by atoms with Crippen LogP contribution < -0.4 is 10.1 Å². The van der Waals surface area contributed by atoms with Gasteiger partial charge in [-0.05, 0) is 30.5 Å². The molecule has 0 heterocycles. The largest absolute Gasteiger partial charge is 0.497 e. The second kappa shape index (κ2) is 4.64. The lowest BCUT2D eigenvalue weighted by molar-refractivity contribution is 0.174. The molecule has 2 N–H and O–H groups in total. The summed E-state index contributed by atoms with van der Waals surface area (Å²) < 4.78 is 5.11. The van der Waals surface area contributed by atoms with Crippen LogP contribution in [-0.2, 0) is 0 Å². The van der Waals surface area contributed by atoms with Gasteiger partial charge in [-0.1, -0.05) is 12.1 Å². The lowest BCUT2D eigenvalue weighted by atomic mass is 10.1. The molecule has 1 aromatic rings. The molecule has 0 aromatic heterocycles. The van der Waals surface area contributed by atoms with Crippen molar-refractivity contribution in [2.45, 2.75) is 25.0 Å². The first-order valence-corrected chi connectivity index (χ1v) is 5.35. The highest BCUT2D eigenvalue weighted by molar-refractivity contribution is 5.29. The van der Waals surface area contributed by atoms with Gasteiger partial charge in [0.05, 0.1) is 13.2 Å². The van der Waals surface area contributed by atoms with E-state index >= 15 is 0 Å². The Kier molecular flexibility index (Phi) is 3.23. The predicted molar refractivity (Wildman–Crippen MR) is 59.0 cm³/mol. The van der Waals surface area contributed by atoms with Gasteiger partial charge in [0.1, 0.15) is 5.75 Å². The third-order valence-corrected chi connectivity index (χ3v) is 2.66. The highest BCUT2D eigenvalue weighted by atomic mass is 16.5. The van der Waals surface area contributed by atoms with Crippen molar-refractivity contribution in [1.29, 1.82) is 0 Å². The molecule has 0 radical (unpaired) electrons. The molecule has 0 saturated heterocycles. The second-order valence-corrected chi connectivity index (χ2v) is 3.97. The zero-order chi connectivity index (χ0) is 10.7. The minimum Gasteiger partial charge on any atom is -0.497 e. The highest BCUT2D eigenvalue weighted by Gasteiger charge is 2.21. The van der Waals surface area contributed by atoms with Crippen LogP contribution in [0.25, 0.3) is 0 Å². The Balaban J connectivity index is 1.93.